The molecule has 0 aliphatic carbocycles. The van der Waals surface area contributed by atoms with E-state index in [-0.39, 0.29) is 5.91 Å². The maximum absolute atomic E-state index is 13.6. The first-order valence-corrected chi connectivity index (χ1v) is 12.1. The van der Waals surface area contributed by atoms with Gasteiger partial charge in [0.05, 0.1) is 28.9 Å². The lowest BCUT2D eigenvalue weighted by molar-refractivity contribution is -0.118. The lowest BCUT2D eigenvalue weighted by atomic mass is 10.0. The summed E-state index contributed by atoms with van der Waals surface area (Å²) in [5.74, 6) is 0.00606. The van der Waals surface area contributed by atoms with E-state index in [4.69, 9.17) is 4.98 Å². The Bertz CT molecular complexity index is 1430. The van der Waals surface area contributed by atoms with E-state index in [1.807, 2.05) is 48.5 Å². The van der Waals surface area contributed by atoms with E-state index in [0.717, 1.165) is 32.6 Å². The molecule has 0 fully saturated rings. The third kappa shape index (κ3) is 4.75. The van der Waals surface area contributed by atoms with E-state index in [9.17, 15) is 4.79 Å². The van der Waals surface area contributed by atoms with Crippen LogP contribution < -0.4 is 4.90 Å². The molecule has 0 atom stereocenters. The lowest BCUT2D eigenvalue weighted by Crippen LogP contribution is -2.32. The highest BCUT2D eigenvalue weighted by Crippen LogP contribution is 2.33. The van der Waals surface area contributed by atoms with Gasteiger partial charge in [-0.3, -0.25) is 14.7 Å². The number of aromatic nitrogens is 2. The number of hydrogen-bond acceptors (Lipinski definition) is 4. The molecule has 0 bridgehead atoms. The average Bonchev–Trinajstić information content (AvgIpc) is 3.28. The summed E-state index contributed by atoms with van der Waals surface area (Å²) in [6, 6.07) is 28.5. The van der Waals surface area contributed by atoms with Gasteiger partial charge in [0.15, 0.2) is 5.13 Å². The molecule has 34 heavy (non-hydrogen) atoms. The van der Waals surface area contributed by atoms with Gasteiger partial charge in [0, 0.05) is 6.20 Å². The van der Waals surface area contributed by atoms with E-state index in [1.54, 1.807) is 22.4 Å². The first-order valence-electron chi connectivity index (χ1n) is 11.3. The Hall–Kier alpha value is -3.83. The van der Waals surface area contributed by atoms with Crippen LogP contribution in [0.5, 0.6) is 0 Å². The fourth-order valence-corrected chi connectivity index (χ4v) is 5.14. The normalized spacial score (nSPS) is 11.0. The number of carbonyl (C=O) groups is 1. The van der Waals surface area contributed by atoms with Crippen molar-refractivity contribution < 1.29 is 4.79 Å². The molecule has 3 aromatic carbocycles. The number of benzene rings is 3. The van der Waals surface area contributed by atoms with Crippen LogP contribution in [0.25, 0.3) is 21.3 Å². The Morgan fingerprint density at radius 3 is 2.35 bits per heavy atom. The molecular formula is C29H25N3OS. The van der Waals surface area contributed by atoms with Crippen molar-refractivity contribution in [1.29, 1.82) is 0 Å². The highest BCUT2D eigenvalue weighted by molar-refractivity contribution is 7.22. The zero-order valence-corrected chi connectivity index (χ0v) is 20.0. The number of rotatable bonds is 6. The Labute approximate surface area is 203 Å². The molecule has 0 aliphatic rings. The minimum Gasteiger partial charge on any atom is -0.282 e. The number of nitrogens with zero attached hydrogens (tertiary/aromatic N) is 3. The molecule has 0 unspecified atom stereocenters. The number of amides is 1. The van der Waals surface area contributed by atoms with Crippen LogP contribution in [0.1, 0.15) is 22.4 Å². The van der Waals surface area contributed by atoms with Crippen molar-refractivity contribution in [3.8, 4) is 11.1 Å². The van der Waals surface area contributed by atoms with Gasteiger partial charge in [-0.1, -0.05) is 78.1 Å². The predicted molar refractivity (Wildman–Crippen MR) is 140 cm³/mol. The number of thiazole rings is 1. The number of hydrogen-bond donors (Lipinski definition) is 0. The Morgan fingerprint density at radius 2 is 1.62 bits per heavy atom. The second-order valence-electron chi connectivity index (χ2n) is 8.47. The number of fused-ring (bicyclic) bond motifs is 1. The molecule has 0 radical (unpaired) electrons. The average molecular weight is 464 g/mol. The number of pyridine rings is 1. The number of aryl methyl sites for hydroxylation is 2. The monoisotopic (exact) mass is 463 g/mol. The first-order chi connectivity index (χ1) is 16.6. The van der Waals surface area contributed by atoms with Gasteiger partial charge in [0.25, 0.3) is 0 Å². The van der Waals surface area contributed by atoms with Crippen LogP contribution in [0.4, 0.5) is 5.13 Å². The molecule has 0 N–H and O–H groups in total. The second kappa shape index (κ2) is 9.57. The van der Waals surface area contributed by atoms with Crippen LogP contribution in [0.15, 0.2) is 91.1 Å². The summed E-state index contributed by atoms with van der Waals surface area (Å²) in [5.41, 5.74) is 7.40. The fourth-order valence-electron chi connectivity index (χ4n) is 4.11. The van der Waals surface area contributed by atoms with E-state index in [0.29, 0.717) is 18.1 Å². The Kier molecular flexibility index (Phi) is 6.19. The highest BCUT2D eigenvalue weighted by atomic mass is 32.1. The van der Waals surface area contributed by atoms with Gasteiger partial charge in [-0.15, -0.1) is 0 Å². The maximum Gasteiger partial charge on any atom is 0.233 e. The van der Waals surface area contributed by atoms with Gasteiger partial charge in [0.1, 0.15) is 0 Å². The minimum atomic E-state index is 0.00606. The van der Waals surface area contributed by atoms with Gasteiger partial charge in [-0.25, -0.2) is 4.98 Å². The third-order valence-electron chi connectivity index (χ3n) is 5.80. The number of carbonyl (C=O) groups excluding carboxylic acids is 1. The van der Waals surface area contributed by atoms with Crippen LogP contribution >= 0.6 is 11.3 Å². The van der Waals surface area contributed by atoms with E-state index in [2.05, 4.69) is 55.2 Å². The summed E-state index contributed by atoms with van der Waals surface area (Å²) in [5, 5.41) is 0.709. The molecule has 5 rings (SSSR count). The van der Waals surface area contributed by atoms with Crippen molar-refractivity contribution >= 4 is 32.6 Å². The largest absolute Gasteiger partial charge is 0.282 e. The van der Waals surface area contributed by atoms with Gasteiger partial charge < -0.3 is 0 Å². The number of anilines is 1. The molecule has 0 saturated carbocycles. The summed E-state index contributed by atoms with van der Waals surface area (Å²) in [7, 11) is 0. The predicted octanol–water partition coefficient (Wildman–Crippen LogP) is 6.75. The fraction of sp³-hybridized carbons (Fsp3) is 0.138. The van der Waals surface area contributed by atoms with Crippen LogP contribution in [-0.2, 0) is 17.8 Å². The molecule has 5 aromatic rings. The summed E-state index contributed by atoms with van der Waals surface area (Å²) >= 11 is 1.56. The lowest BCUT2D eigenvalue weighted by Gasteiger charge is -2.19. The molecular weight excluding hydrogens is 438 g/mol. The van der Waals surface area contributed by atoms with Crippen molar-refractivity contribution in [2.24, 2.45) is 0 Å². The molecule has 2 aromatic heterocycles. The van der Waals surface area contributed by atoms with Gasteiger partial charge >= 0.3 is 0 Å². The summed E-state index contributed by atoms with van der Waals surface area (Å²) < 4.78 is 1.12. The van der Waals surface area contributed by atoms with Crippen molar-refractivity contribution in [3.05, 3.63) is 114 Å². The molecule has 5 heteroatoms. The molecule has 0 spiro atoms. The Morgan fingerprint density at radius 1 is 0.882 bits per heavy atom. The van der Waals surface area contributed by atoms with Crippen LogP contribution in [0.2, 0.25) is 0 Å². The SMILES string of the molecule is Cc1cc(C)c2sc(N(Cc3ccccn3)C(=O)Cc3ccc(-c4ccccc4)cc3)nc2c1. The zero-order valence-electron chi connectivity index (χ0n) is 19.2. The second-order valence-corrected chi connectivity index (χ2v) is 9.44. The third-order valence-corrected chi connectivity index (χ3v) is 7.03. The first kappa shape index (κ1) is 22.0. The Balaban J connectivity index is 1.44. The summed E-state index contributed by atoms with van der Waals surface area (Å²) in [6.07, 6.45) is 2.06. The summed E-state index contributed by atoms with van der Waals surface area (Å²) in [4.78, 5) is 24.6. The highest BCUT2D eigenvalue weighted by Gasteiger charge is 2.21. The van der Waals surface area contributed by atoms with Crippen molar-refractivity contribution in [1.82, 2.24) is 9.97 Å². The van der Waals surface area contributed by atoms with Crippen molar-refractivity contribution in [2.45, 2.75) is 26.8 Å². The maximum atomic E-state index is 13.6. The smallest absolute Gasteiger partial charge is 0.233 e. The van der Waals surface area contributed by atoms with Gasteiger partial charge in [0.2, 0.25) is 5.91 Å². The zero-order chi connectivity index (χ0) is 23.5. The van der Waals surface area contributed by atoms with Gasteiger partial charge in [-0.2, -0.15) is 0 Å². The molecule has 0 aliphatic heterocycles. The molecule has 1 amide bonds. The van der Waals surface area contributed by atoms with E-state index >= 15 is 0 Å². The molecule has 168 valence electrons. The van der Waals surface area contributed by atoms with Crippen LogP contribution in [0.3, 0.4) is 0 Å². The quantitative estimate of drug-likeness (QED) is 0.280. The standard InChI is InChI=1S/C29H25N3OS/c1-20-16-21(2)28-26(17-20)31-29(34-28)32(19-25-10-6-7-15-30-25)27(33)18-22-11-13-24(14-12-22)23-8-4-3-5-9-23/h3-17H,18-19H2,1-2H3. The van der Waals surface area contributed by atoms with Crippen LogP contribution in [0, 0.1) is 13.8 Å². The minimum absolute atomic E-state index is 0.00606. The van der Waals surface area contributed by atoms with E-state index in [1.165, 1.54) is 11.1 Å². The van der Waals surface area contributed by atoms with Crippen molar-refractivity contribution in [3.63, 3.8) is 0 Å². The van der Waals surface area contributed by atoms with Crippen LogP contribution in [-0.4, -0.2) is 15.9 Å². The van der Waals surface area contributed by atoms with E-state index < -0.39 is 0 Å². The van der Waals surface area contributed by atoms with Gasteiger partial charge in [-0.05, 0) is 59.9 Å². The topological polar surface area (TPSA) is 46.1 Å². The van der Waals surface area contributed by atoms with Crippen molar-refractivity contribution in [2.75, 3.05) is 4.90 Å². The molecule has 2 heterocycles. The summed E-state index contributed by atoms with van der Waals surface area (Å²) in [6.45, 7) is 4.55. The molecule has 0 saturated heterocycles. The molecule has 4 nitrogen and oxygen atoms in total.